The molecular formula is C28H27N9O6S2. The zero-order valence-electron chi connectivity index (χ0n) is 23.9. The zero-order valence-corrected chi connectivity index (χ0v) is 25.6. The number of benzene rings is 1. The number of fused-ring (bicyclic) bond motifs is 1. The average Bonchev–Trinajstić information content (AvgIpc) is 3.58. The monoisotopic (exact) mass is 649 g/mol. The summed E-state index contributed by atoms with van der Waals surface area (Å²) < 4.78 is 0. The van der Waals surface area contributed by atoms with Gasteiger partial charge in [-0.25, -0.2) is 15.0 Å². The van der Waals surface area contributed by atoms with Crippen LogP contribution >= 0.6 is 23.1 Å². The minimum Gasteiger partial charge on any atom is -0.365 e. The van der Waals surface area contributed by atoms with Gasteiger partial charge in [-0.15, -0.1) is 11.8 Å². The van der Waals surface area contributed by atoms with Crippen molar-refractivity contribution in [1.82, 2.24) is 30.1 Å². The van der Waals surface area contributed by atoms with E-state index in [4.69, 9.17) is 5.73 Å². The fourth-order valence-corrected chi connectivity index (χ4v) is 7.01. The van der Waals surface area contributed by atoms with Gasteiger partial charge in [0.25, 0.3) is 17.7 Å². The van der Waals surface area contributed by atoms with Gasteiger partial charge in [0.05, 0.1) is 23.1 Å². The van der Waals surface area contributed by atoms with Crippen molar-refractivity contribution in [2.45, 2.75) is 30.7 Å². The normalized spacial score (nSPS) is 18.2. The number of thioether (sulfide) groups is 1. The third-order valence-electron chi connectivity index (χ3n) is 7.55. The smallest absolute Gasteiger partial charge is 0.263 e. The second-order valence-corrected chi connectivity index (χ2v) is 12.5. The van der Waals surface area contributed by atoms with Crippen molar-refractivity contribution in [3.63, 3.8) is 0 Å². The van der Waals surface area contributed by atoms with E-state index in [0.717, 1.165) is 16.2 Å². The van der Waals surface area contributed by atoms with Crippen LogP contribution in [0.3, 0.4) is 0 Å². The van der Waals surface area contributed by atoms with E-state index in [1.54, 1.807) is 30.0 Å². The Hall–Kier alpha value is -4.90. The van der Waals surface area contributed by atoms with Crippen molar-refractivity contribution < 1.29 is 28.8 Å². The third-order valence-corrected chi connectivity index (χ3v) is 9.52. The first kappa shape index (κ1) is 30.1. The van der Waals surface area contributed by atoms with Gasteiger partial charge in [-0.1, -0.05) is 17.4 Å². The molecule has 232 valence electrons. The molecule has 2 aromatic heterocycles. The first-order valence-electron chi connectivity index (χ1n) is 14.0. The number of aryl methyl sites for hydroxylation is 1. The number of nitrogens with zero attached hydrogens (tertiary/aromatic N) is 6. The first-order valence-corrected chi connectivity index (χ1v) is 15.8. The summed E-state index contributed by atoms with van der Waals surface area (Å²) in [6.45, 7) is 3.74. The molecule has 1 atom stereocenters. The lowest BCUT2D eigenvalue weighted by Gasteiger charge is -2.35. The number of amides is 6. The number of carbonyl (C=O) groups is 6. The number of hydrogen-bond donors (Lipinski definition) is 3. The minimum absolute atomic E-state index is 0.0356. The van der Waals surface area contributed by atoms with Gasteiger partial charge in [0, 0.05) is 43.6 Å². The maximum Gasteiger partial charge on any atom is 0.263 e. The molecule has 6 amide bonds. The number of nitrogens with two attached hydrogens (primary N) is 1. The number of carbonyl (C=O) groups excluding carboxylic acids is 6. The van der Waals surface area contributed by atoms with E-state index in [2.05, 4.69) is 25.6 Å². The van der Waals surface area contributed by atoms with E-state index >= 15 is 0 Å². The van der Waals surface area contributed by atoms with Crippen LogP contribution in [0.2, 0.25) is 0 Å². The number of piperazine rings is 1. The number of thiazole rings is 1. The van der Waals surface area contributed by atoms with E-state index < -0.39 is 35.6 Å². The van der Waals surface area contributed by atoms with Gasteiger partial charge in [-0.2, -0.15) is 0 Å². The van der Waals surface area contributed by atoms with Crippen molar-refractivity contribution >= 4 is 75.3 Å². The summed E-state index contributed by atoms with van der Waals surface area (Å²) in [6, 6.07) is 5.56. The molecule has 4 N–H and O–H groups in total. The Bertz CT molecular complexity index is 1750. The number of anilines is 3. The van der Waals surface area contributed by atoms with Crippen molar-refractivity contribution in [1.29, 1.82) is 0 Å². The molecule has 2 fully saturated rings. The highest BCUT2D eigenvalue weighted by molar-refractivity contribution is 8.00. The van der Waals surface area contributed by atoms with Gasteiger partial charge in [0.1, 0.15) is 28.4 Å². The lowest BCUT2D eigenvalue weighted by molar-refractivity contribution is -0.136. The number of piperidine rings is 1. The van der Waals surface area contributed by atoms with Crippen molar-refractivity contribution in [2.24, 2.45) is 5.73 Å². The Kier molecular flexibility index (Phi) is 8.20. The van der Waals surface area contributed by atoms with E-state index in [-0.39, 0.29) is 35.6 Å². The summed E-state index contributed by atoms with van der Waals surface area (Å²) in [5.74, 6) is -1.20. The van der Waals surface area contributed by atoms with Gasteiger partial charge in [-0.05, 0) is 25.5 Å². The highest BCUT2D eigenvalue weighted by Crippen LogP contribution is 2.34. The molecule has 3 aliphatic heterocycles. The summed E-state index contributed by atoms with van der Waals surface area (Å²) >= 11 is 2.29. The highest BCUT2D eigenvalue weighted by Gasteiger charge is 2.45. The largest absolute Gasteiger partial charge is 0.365 e. The maximum atomic E-state index is 13.3. The van der Waals surface area contributed by atoms with E-state index in [1.165, 1.54) is 24.0 Å². The molecular weight excluding hydrogens is 622 g/mol. The van der Waals surface area contributed by atoms with Crippen LogP contribution in [0.15, 0.2) is 35.4 Å². The van der Waals surface area contributed by atoms with Gasteiger partial charge < -0.3 is 20.9 Å². The molecule has 0 aliphatic carbocycles. The van der Waals surface area contributed by atoms with Crippen LogP contribution < -0.4 is 21.3 Å². The minimum atomic E-state index is -1.06. The molecule has 0 radical (unpaired) electrons. The van der Waals surface area contributed by atoms with Gasteiger partial charge in [-0.3, -0.25) is 39.0 Å². The number of primary amides is 1. The predicted molar refractivity (Wildman–Crippen MR) is 163 cm³/mol. The predicted octanol–water partition coefficient (Wildman–Crippen LogP) is 0.926. The first-order chi connectivity index (χ1) is 21.6. The van der Waals surface area contributed by atoms with Crippen molar-refractivity contribution in [2.75, 3.05) is 42.1 Å². The Labute approximate surface area is 264 Å². The Morgan fingerprint density at radius 2 is 1.89 bits per heavy atom. The van der Waals surface area contributed by atoms with Gasteiger partial charge in [0.2, 0.25) is 17.7 Å². The SMILES string of the molecule is Cc1nc(Nc2ncc(C(N)=O)s2)cc(N2CCN(C(=O)CSc3cccc4c3C(=O)N(C3CCC(=O)NC3=O)C4=O)CC2)n1. The molecule has 3 aliphatic rings. The van der Waals surface area contributed by atoms with E-state index in [9.17, 15) is 28.8 Å². The van der Waals surface area contributed by atoms with Crippen LogP contribution in [-0.4, -0.2) is 98.2 Å². The van der Waals surface area contributed by atoms with Crippen molar-refractivity contribution in [3.05, 3.63) is 52.3 Å². The van der Waals surface area contributed by atoms with E-state index in [0.29, 0.717) is 58.5 Å². The van der Waals surface area contributed by atoms with Gasteiger partial charge >= 0.3 is 0 Å². The second kappa shape index (κ2) is 12.2. The molecule has 0 spiro atoms. The molecule has 2 saturated heterocycles. The molecule has 3 aromatic rings. The Morgan fingerprint density at radius 1 is 1.11 bits per heavy atom. The van der Waals surface area contributed by atoms with Crippen LogP contribution in [0.1, 0.15) is 49.1 Å². The standard InChI is InChI=1S/C28H27N9O6S2/c1-14-31-19(33-28-30-12-18(45-28)24(29)40)11-20(32-14)35-7-9-36(10-8-35)22(39)13-44-17-4-2-3-15-23(17)27(43)37(26(15)42)16-5-6-21(38)34-25(16)41/h2-4,11-12,16H,5-10,13H2,1H3,(H2,29,40)(H,34,38,41)(H,30,31,32,33). The molecule has 0 saturated carbocycles. The van der Waals surface area contributed by atoms with Crippen LogP contribution in [0.4, 0.5) is 16.8 Å². The summed E-state index contributed by atoms with van der Waals surface area (Å²) in [4.78, 5) is 93.5. The van der Waals surface area contributed by atoms with Crippen LogP contribution in [0.25, 0.3) is 0 Å². The molecule has 0 bridgehead atoms. The number of nitrogens with one attached hydrogen (secondary N) is 2. The lowest BCUT2D eigenvalue weighted by Crippen LogP contribution is -2.54. The summed E-state index contributed by atoms with van der Waals surface area (Å²) in [7, 11) is 0. The third kappa shape index (κ3) is 6.08. The van der Waals surface area contributed by atoms with Crippen LogP contribution in [0, 0.1) is 6.92 Å². The van der Waals surface area contributed by atoms with Gasteiger partial charge in [0.15, 0.2) is 5.13 Å². The molecule has 15 nitrogen and oxygen atoms in total. The summed E-state index contributed by atoms with van der Waals surface area (Å²) in [6.07, 6.45) is 1.50. The molecule has 5 heterocycles. The van der Waals surface area contributed by atoms with Crippen LogP contribution in [-0.2, 0) is 14.4 Å². The quantitative estimate of drug-likeness (QED) is 0.231. The fraction of sp³-hybridized carbons (Fsp3) is 0.321. The number of imide groups is 2. The molecule has 6 rings (SSSR count). The number of aromatic nitrogens is 3. The second-order valence-electron chi connectivity index (χ2n) is 10.5. The Balaban J connectivity index is 1.06. The molecule has 1 unspecified atom stereocenters. The molecule has 17 heteroatoms. The fourth-order valence-electron chi connectivity index (χ4n) is 5.35. The number of rotatable bonds is 8. The zero-order chi connectivity index (χ0) is 31.8. The summed E-state index contributed by atoms with van der Waals surface area (Å²) in [5, 5.41) is 5.74. The highest BCUT2D eigenvalue weighted by atomic mass is 32.2. The van der Waals surface area contributed by atoms with E-state index in [1.807, 2.05) is 4.90 Å². The van der Waals surface area contributed by atoms with Crippen molar-refractivity contribution in [3.8, 4) is 0 Å². The maximum absolute atomic E-state index is 13.3. The lowest BCUT2D eigenvalue weighted by atomic mass is 10.0. The Morgan fingerprint density at radius 3 is 2.60 bits per heavy atom. The number of hydrogen-bond acceptors (Lipinski definition) is 13. The van der Waals surface area contributed by atoms with Crippen LogP contribution in [0.5, 0.6) is 0 Å². The molecule has 1 aromatic carbocycles. The summed E-state index contributed by atoms with van der Waals surface area (Å²) in [5.41, 5.74) is 5.65. The topological polar surface area (TPSA) is 201 Å². The molecule has 45 heavy (non-hydrogen) atoms. The average molecular weight is 650 g/mol.